The van der Waals surface area contributed by atoms with Crippen molar-refractivity contribution in [2.24, 2.45) is 0 Å². The smallest absolute Gasteiger partial charge is 0.319 e. The molecule has 0 saturated heterocycles. The Hall–Kier alpha value is -1.00. The Morgan fingerprint density at radius 2 is 2.06 bits per heavy atom. The molecular formula is C12H13ClF3N. The van der Waals surface area contributed by atoms with Gasteiger partial charge < -0.3 is 5.32 Å². The second kappa shape index (κ2) is 6.07. The third-order valence-electron chi connectivity index (χ3n) is 2.17. The van der Waals surface area contributed by atoms with Crippen LogP contribution >= 0.6 is 11.6 Å². The van der Waals surface area contributed by atoms with Gasteiger partial charge in [0.2, 0.25) is 0 Å². The van der Waals surface area contributed by atoms with E-state index in [-0.39, 0.29) is 5.02 Å². The molecule has 0 unspecified atom stereocenters. The molecule has 0 aromatic heterocycles. The normalized spacial score (nSPS) is 12.3. The Bertz CT molecular complexity index is 399. The molecule has 0 fully saturated rings. The van der Waals surface area contributed by atoms with E-state index >= 15 is 0 Å². The van der Waals surface area contributed by atoms with Gasteiger partial charge in [0.1, 0.15) is 0 Å². The summed E-state index contributed by atoms with van der Waals surface area (Å²) in [5.41, 5.74) is -0.298. The third-order valence-corrected chi connectivity index (χ3v) is 2.50. The van der Waals surface area contributed by atoms with Gasteiger partial charge in [-0.05, 0) is 37.7 Å². The fourth-order valence-electron chi connectivity index (χ4n) is 1.31. The van der Waals surface area contributed by atoms with Crippen LogP contribution in [0.25, 0.3) is 6.08 Å². The third kappa shape index (κ3) is 4.40. The molecule has 0 heterocycles. The van der Waals surface area contributed by atoms with Gasteiger partial charge in [-0.1, -0.05) is 29.8 Å². The van der Waals surface area contributed by atoms with Crippen molar-refractivity contribution in [3.63, 3.8) is 0 Å². The first-order valence-electron chi connectivity index (χ1n) is 5.13. The van der Waals surface area contributed by atoms with E-state index in [2.05, 4.69) is 5.32 Å². The highest BCUT2D eigenvalue weighted by atomic mass is 35.5. The zero-order valence-corrected chi connectivity index (χ0v) is 10.1. The summed E-state index contributed by atoms with van der Waals surface area (Å²) in [7, 11) is 1.82. The van der Waals surface area contributed by atoms with Crippen LogP contribution in [-0.4, -0.2) is 13.6 Å². The second-order valence-corrected chi connectivity index (χ2v) is 3.94. The number of nitrogens with one attached hydrogen (secondary N) is 1. The molecule has 94 valence electrons. The molecule has 17 heavy (non-hydrogen) atoms. The van der Waals surface area contributed by atoms with Gasteiger partial charge in [-0.3, -0.25) is 0 Å². The summed E-state index contributed by atoms with van der Waals surface area (Å²) in [5, 5.41) is 2.67. The van der Waals surface area contributed by atoms with Crippen LogP contribution in [0.3, 0.4) is 0 Å². The number of benzene rings is 1. The highest BCUT2D eigenvalue weighted by Gasteiger charge is 2.33. The topological polar surface area (TPSA) is 12.0 Å². The maximum atomic E-state index is 12.6. The second-order valence-electron chi connectivity index (χ2n) is 3.53. The standard InChI is InChI=1S/C12H13ClF3N/c1-17-7-3-2-4-9-5-6-11(13)10(8-9)12(14,15)16/h2,4-6,8,17H,3,7H2,1H3. The Balaban J connectivity index is 2.86. The van der Waals surface area contributed by atoms with Crippen LogP contribution in [-0.2, 0) is 6.18 Å². The lowest BCUT2D eigenvalue weighted by atomic mass is 10.1. The molecule has 0 amide bonds. The van der Waals surface area contributed by atoms with Gasteiger partial charge in [0.05, 0.1) is 10.6 Å². The van der Waals surface area contributed by atoms with Gasteiger partial charge in [-0.25, -0.2) is 0 Å². The molecule has 0 radical (unpaired) electrons. The van der Waals surface area contributed by atoms with Crippen molar-refractivity contribution in [3.05, 3.63) is 40.4 Å². The van der Waals surface area contributed by atoms with E-state index in [0.29, 0.717) is 5.56 Å². The molecular weight excluding hydrogens is 251 g/mol. The highest BCUT2D eigenvalue weighted by Crippen LogP contribution is 2.35. The quantitative estimate of drug-likeness (QED) is 0.810. The van der Waals surface area contributed by atoms with Gasteiger partial charge >= 0.3 is 6.18 Å². The van der Waals surface area contributed by atoms with Crippen LogP contribution < -0.4 is 5.32 Å². The summed E-state index contributed by atoms with van der Waals surface area (Å²) in [6, 6.07) is 3.88. The first-order valence-corrected chi connectivity index (χ1v) is 5.51. The number of alkyl halides is 3. The lowest BCUT2D eigenvalue weighted by Crippen LogP contribution is -2.06. The summed E-state index contributed by atoms with van der Waals surface area (Å²) >= 11 is 5.51. The zero-order chi connectivity index (χ0) is 12.9. The number of hydrogen-bond acceptors (Lipinski definition) is 1. The minimum atomic E-state index is -4.41. The molecule has 1 nitrogen and oxygen atoms in total. The van der Waals surface area contributed by atoms with E-state index in [4.69, 9.17) is 11.6 Å². The van der Waals surface area contributed by atoms with E-state index < -0.39 is 11.7 Å². The van der Waals surface area contributed by atoms with Crippen LogP contribution in [0.15, 0.2) is 24.3 Å². The molecule has 1 N–H and O–H groups in total. The van der Waals surface area contributed by atoms with E-state index in [0.717, 1.165) is 19.0 Å². The van der Waals surface area contributed by atoms with Gasteiger partial charge in [0.15, 0.2) is 0 Å². The Kier molecular flexibility index (Phi) is 5.02. The minimum Gasteiger partial charge on any atom is -0.319 e. The van der Waals surface area contributed by atoms with Crippen LogP contribution in [0.2, 0.25) is 5.02 Å². The van der Waals surface area contributed by atoms with E-state index in [1.54, 1.807) is 12.1 Å². The van der Waals surface area contributed by atoms with E-state index in [1.807, 2.05) is 13.1 Å². The van der Waals surface area contributed by atoms with Crippen LogP contribution in [0.4, 0.5) is 13.2 Å². The molecule has 0 aliphatic heterocycles. The van der Waals surface area contributed by atoms with Crippen molar-refractivity contribution in [1.29, 1.82) is 0 Å². The summed E-state index contributed by atoms with van der Waals surface area (Å²) in [6.07, 6.45) is -0.171. The fourth-order valence-corrected chi connectivity index (χ4v) is 1.54. The maximum Gasteiger partial charge on any atom is 0.417 e. The van der Waals surface area contributed by atoms with Gasteiger partial charge in [-0.15, -0.1) is 0 Å². The highest BCUT2D eigenvalue weighted by molar-refractivity contribution is 6.31. The average Bonchev–Trinajstić information content (AvgIpc) is 2.25. The first kappa shape index (κ1) is 14.1. The SMILES string of the molecule is CNCCC=Cc1ccc(Cl)c(C(F)(F)F)c1. The fraction of sp³-hybridized carbons (Fsp3) is 0.333. The van der Waals surface area contributed by atoms with E-state index in [1.165, 1.54) is 6.07 Å². The molecule has 1 rings (SSSR count). The van der Waals surface area contributed by atoms with Crippen molar-refractivity contribution in [2.45, 2.75) is 12.6 Å². The summed E-state index contributed by atoms with van der Waals surface area (Å²) in [5.74, 6) is 0. The maximum absolute atomic E-state index is 12.6. The van der Waals surface area contributed by atoms with Gasteiger partial charge in [0.25, 0.3) is 0 Å². The number of halogens is 4. The van der Waals surface area contributed by atoms with Crippen LogP contribution in [0.5, 0.6) is 0 Å². The van der Waals surface area contributed by atoms with Crippen LogP contribution in [0.1, 0.15) is 17.5 Å². The van der Waals surface area contributed by atoms with E-state index in [9.17, 15) is 13.2 Å². The Morgan fingerprint density at radius 1 is 1.35 bits per heavy atom. The molecule has 0 spiro atoms. The largest absolute Gasteiger partial charge is 0.417 e. The van der Waals surface area contributed by atoms with Crippen LogP contribution in [0, 0.1) is 0 Å². The number of rotatable bonds is 4. The summed E-state index contributed by atoms with van der Waals surface area (Å²) < 4.78 is 37.7. The Morgan fingerprint density at radius 3 is 2.65 bits per heavy atom. The molecule has 5 heteroatoms. The first-order chi connectivity index (χ1) is 7.95. The zero-order valence-electron chi connectivity index (χ0n) is 9.31. The Labute approximate surface area is 103 Å². The minimum absolute atomic E-state index is 0.273. The summed E-state index contributed by atoms with van der Waals surface area (Å²) in [6.45, 7) is 0.788. The molecule has 0 atom stereocenters. The van der Waals surface area contributed by atoms with Crippen molar-refractivity contribution in [2.75, 3.05) is 13.6 Å². The van der Waals surface area contributed by atoms with Crippen molar-refractivity contribution in [3.8, 4) is 0 Å². The lowest BCUT2D eigenvalue weighted by Gasteiger charge is -2.09. The summed E-state index contributed by atoms with van der Waals surface area (Å²) in [4.78, 5) is 0. The molecule has 1 aromatic carbocycles. The monoisotopic (exact) mass is 263 g/mol. The molecule has 0 bridgehead atoms. The predicted octanol–water partition coefficient (Wildman–Crippen LogP) is 3.98. The van der Waals surface area contributed by atoms with Crippen molar-refractivity contribution < 1.29 is 13.2 Å². The van der Waals surface area contributed by atoms with Crippen molar-refractivity contribution in [1.82, 2.24) is 5.32 Å². The number of hydrogen-bond donors (Lipinski definition) is 1. The van der Waals surface area contributed by atoms with Gasteiger partial charge in [-0.2, -0.15) is 13.2 Å². The molecule has 0 aliphatic carbocycles. The molecule has 0 saturated carbocycles. The lowest BCUT2D eigenvalue weighted by molar-refractivity contribution is -0.137. The van der Waals surface area contributed by atoms with Crippen molar-refractivity contribution >= 4 is 17.7 Å². The molecule has 0 aliphatic rings. The predicted molar refractivity (Wildman–Crippen MR) is 64.0 cm³/mol. The molecule has 1 aromatic rings. The van der Waals surface area contributed by atoms with Gasteiger partial charge in [0, 0.05) is 0 Å². The average molecular weight is 264 g/mol.